The first-order valence-corrected chi connectivity index (χ1v) is 22.1. The Hall–Kier alpha value is -4.24. The van der Waals surface area contributed by atoms with Crippen molar-refractivity contribution in [2.45, 2.75) is 174 Å². The van der Waals surface area contributed by atoms with Crippen LogP contribution in [0.1, 0.15) is 162 Å². The highest BCUT2D eigenvalue weighted by Gasteiger charge is 2.18. The van der Waals surface area contributed by atoms with Gasteiger partial charge < -0.3 is 25.6 Å². The van der Waals surface area contributed by atoms with Crippen molar-refractivity contribution in [1.29, 1.82) is 0 Å². The van der Waals surface area contributed by atoms with Crippen molar-refractivity contribution in [3.05, 3.63) is 97.2 Å². The number of aliphatic hydroxyl groups is 1. The van der Waals surface area contributed by atoms with Gasteiger partial charge in [-0.1, -0.05) is 144 Å². The zero-order valence-corrected chi connectivity index (χ0v) is 36.0. The minimum absolute atomic E-state index is 0.150. The third kappa shape index (κ3) is 38.6. The zero-order chi connectivity index (χ0) is 42.6. The molecule has 0 fully saturated rings. The summed E-state index contributed by atoms with van der Waals surface area (Å²) in [7, 11) is 0. The molecule has 9 nitrogen and oxygen atoms in total. The molecule has 0 aliphatic rings. The number of allylic oxidation sites excluding steroid dienone is 15. The molecule has 0 bridgehead atoms. The topological polar surface area (TPSA) is 142 Å². The average molecular weight is 807 g/mol. The molecule has 0 aromatic rings. The standard InChI is InChI=1S/C49H78N2O7/c1-3-5-7-9-11-13-15-16-17-18-19-20-21-22-24-26-28-33-37-41-48(55)58-44(38-34-30-27-25-23-14-12-10-8-6-4-2)39-35-31-29-32-36-40-46(53)50-42-47(54)51-45(43-52)49(56)57/h5,7,11-14,16-17,19-20,22,24-25,27,34,38,44-45,52H,3-4,6,8-10,15,18,21,23,26,28-33,35-37,39-43H2,1-2H3,(H,50,53)(H,51,54)(H,56,57)/b7-5-,13-11-,14-12-,17-16-,20-19-,24-22-,27-25-,38-34-. The van der Waals surface area contributed by atoms with E-state index in [0.717, 1.165) is 109 Å². The Kier molecular flexibility index (Phi) is 39.3. The van der Waals surface area contributed by atoms with Crippen LogP contribution in [0.25, 0.3) is 0 Å². The predicted octanol–water partition coefficient (Wildman–Crippen LogP) is 11.0. The molecular formula is C49H78N2O7. The third-order valence-electron chi connectivity index (χ3n) is 9.05. The summed E-state index contributed by atoms with van der Waals surface area (Å²) in [5.74, 6) is -2.44. The van der Waals surface area contributed by atoms with Crippen LogP contribution in [-0.4, -0.2) is 59.3 Å². The number of hydrogen-bond donors (Lipinski definition) is 4. The number of aliphatic carboxylic acids is 1. The predicted molar refractivity (Wildman–Crippen MR) is 240 cm³/mol. The number of carbonyl (C=O) groups excluding carboxylic acids is 3. The lowest BCUT2D eigenvalue weighted by Crippen LogP contribution is -2.47. The van der Waals surface area contributed by atoms with Crippen molar-refractivity contribution in [3.63, 3.8) is 0 Å². The Bertz CT molecular complexity index is 1290. The van der Waals surface area contributed by atoms with Crippen LogP contribution in [0.15, 0.2) is 97.2 Å². The van der Waals surface area contributed by atoms with E-state index in [2.05, 4.69) is 116 Å². The molecule has 0 saturated carbocycles. The maximum Gasteiger partial charge on any atom is 0.328 e. The van der Waals surface area contributed by atoms with Gasteiger partial charge in [-0.25, -0.2) is 4.79 Å². The summed E-state index contributed by atoms with van der Waals surface area (Å²) < 4.78 is 5.90. The van der Waals surface area contributed by atoms with Crippen LogP contribution < -0.4 is 10.6 Å². The van der Waals surface area contributed by atoms with E-state index in [0.29, 0.717) is 12.8 Å². The molecule has 58 heavy (non-hydrogen) atoms. The van der Waals surface area contributed by atoms with Crippen LogP contribution in [-0.2, 0) is 23.9 Å². The molecule has 0 rings (SSSR count). The van der Waals surface area contributed by atoms with E-state index in [1.165, 1.54) is 19.3 Å². The largest absolute Gasteiger partial charge is 0.480 e. The Morgan fingerprint density at radius 1 is 0.552 bits per heavy atom. The Labute approximate surface area is 351 Å². The first-order valence-electron chi connectivity index (χ1n) is 22.1. The number of unbranched alkanes of at least 4 members (excludes halogenated alkanes) is 10. The second kappa shape index (κ2) is 42.4. The van der Waals surface area contributed by atoms with Crippen molar-refractivity contribution in [2.24, 2.45) is 0 Å². The van der Waals surface area contributed by atoms with Crippen molar-refractivity contribution in [3.8, 4) is 0 Å². The second-order valence-corrected chi connectivity index (χ2v) is 14.4. The summed E-state index contributed by atoms with van der Waals surface area (Å²) in [4.78, 5) is 47.6. The van der Waals surface area contributed by atoms with Gasteiger partial charge in [-0.2, -0.15) is 0 Å². The van der Waals surface area contributed by atoms with Crippen LogP contribution in [0.4, 0.5) is 0 Å². The number of esters is 1. The lowest BCUT2D eigenvalue weighted by molar-refractivity contribution is -0.147. The number of amides is 2. The summed E-state index contributed by atoms with van der Waals surface area (Å²) in [6, 6.07) is -1.39. The molecule has 0 saturated heterocycles. The molecule has 326 valence electrons. The summed E-state index contributed by atoms with van der Waals surface area (Å²) in [5, 5.41) is 22.5. The maximum atomic E-state index is 12.8. The Morgan fingerprint density at radius 3 is 1.59 bits per heavy atom. The van der Waals surface area contributed by atoms with Gasteiger partial charge in [-0.15, -0.1) is 0 Å². The summed E-state index contributed by atoms with van der Waals surface area (Å²) in [5.41, 5.74) is 0. The highest BCUT2D eigenvalue weighted by atomic mass is 16.5. The first-order chi connectivity index (χ1) is 28.3. The van der Waals surface area contributed by atoms with Crippen molar-refractivity contribution in [2.75, 3.05) is 13.2 Å². The molecule has 0 aromatic carbocycles. The van der Waals surface area contributed by atoms with Crippen molar-refractivity contribution >= 4 is 23.8 Å². The van der Waals surface area contributed by atoms with E-state index in [4.69, 9.17) is 14.9 Å². The van der Waals surface area contributed by atoms with Crippen LogP contribution in [0, 0.1) is 0 Å². The fourth-order valence-corrected chi connectivity index (χ4v) is 5.66. The molecule has 4 N–H and O–H groups in total. The Balaban J connectivity index is 4.48. The van der Waals surface area contributed by atoms with Gasteiger partial charge in [0.15, 0.2) is 0 Å². The van der Waals surface area contributed by atoms with Gasteiger partial charge in [-0.05, 0) is 102 Å². The molecule has 0 aliphatic heterocycles. The minimum atomic E-state index is -1.39. The number of ether oxygens (including phenoxy) is 1. The number of rotatable bonds is 38. The maximum absolute atomic E-state index is 12.8. The minimum Gasteiger partial charge on any atom is -0.480 e. The first kappa shape index (κ1) is 53.8. The van der Waals surface area contributed by atoms with Gasteiger partial charge in [0.05, 0.1) is 13.2 Å². The summed E-state index contributed by atoms with van der Waals surface area (Å²) >= 11 is 0. The highest BCUT2D eigenvalue weighted by Crippen LogP contribution is 2.14. The lowest BCUT2D eigenvalue weighted by Gasteiger charge is -2.14. The van der Waals surface area contributed by atoms with E-state index in [1.807, 2.05) is 6.08 Å². The summed E-state index contributed by atoms with van der Waals surface area (Å²) in [6.07, 6.45) is 55.9. The third-order valence-corrected chi connectivity index (χ3v) is 9.05. The molecule has 0 aliphatic carbocycles. The number of carboxylic acid groups (broad SMARTS) is 1. The zero-order valence-electron chi connectivity index (χ0n) is 36.0. The number of hydrogen-bond acceptors (Lipinski definition) is 6. The Morgan fingerprint density at radius 2 is 1.03 bits per heavy atom. The van der Waals surface area contributed by atoms with Gasteiger partial charge in [0.2, 0.25) is 11.8 Å². The van der Waals surface area contributed by atoms with Crippen LogP contribution in [0.2, 0.25) is 0 Å². The van der Waals surface area contributed by atoms with Gasteiger partial charge in [-0.3, -0.25) is 14.4 Å². The number of carbonyl (C=O) groups is 4. The van der Waals surface area contributed by atoms with Gasteiger partial charge in [0.25, 0.3) is 0 Å². The number of nitrogens with one attached hydrogen (secondary N) is 2. The van der Waals surface area contributed by atoms with E-state index in [-0.39, 0.29) is 30.9 Å². The molecule has 0 heterocycles. The number of carboxylic acids is 1. The quantitative estimate of drug-likeness (QED) is 0.0276. The normalized spacial score (nSPS) is 13.4. The van der Waals surface area contributed by atoms with Crippen LogP contribution in [0.5, 0.6) is 0 Å². The fraction of sp³-hybridized carbons (Fsp3) is 0.592. The van der Waals surface area contributed by atoms with Gasteiger partial charge in [0.1, 0.15) is 12.1 Å². The summed E-state index contributed by atoms with van der Waals surface area (Å²) in [6.45, 7) is 3.30. The van der Waals surface area contributed by atoms with Crippen molar-refractivity contribution in [1.82, 2.24) is 10.6 Å². The van der Waals surface area contributed by atoms with E-state index in [9.17, 15) is 19.2 Å². The smallest absolute Gasteiger partial charge is 0.328 e. The van der Waals surface area contributed by atoms with Crippen molar-refractivity contribution < 1.29 is 34.1 Å². The monoisotopic (exact) mass is 807 g/mol. The molecule has 9 heteroatoms. The molecule has 2 unspecified atom stereocenters. The number of aliphatic hydroxyl groups excluding tert-OH is 1. The second-order valence-electron chi connectivity index (χ2n) is 14.4. The van der Waals surface area contributed by atoms with Gasteiger partial charge in [0, 0.05) is 12.8 Å². The molecule has 2 amide bonds. The molecule has 0 aromatic heterocycles. The van der Waals surface area contributed by atoms with Crippen LogP contribution >= 0.6 is 0 Å². The van der Waals surface area contributed by atoms with Crippen LogP contribution in [0.3, 0.4) is 0 Å². The molecule has 2 atom stereocenters. The molecule has 0 spiro atoms. The lowest BCUT2D eigenvalue weighted by atomic mass is 10.1. The molecular weight excluding hydrogens is 729 g/mol. The average Bonchev–Trinajstić information content (AvgIpc) is 3.21. The van der Waals surface area contributed by atoms with E-state index in [1.54, 1.807) is 0 Å². The SMILES string of the molecule is CC/C=C\C/C=C\C/C=C\C/C=C\C/C=C\CCCCCC(=O)OC(/C=C\C/C=C\C/C=C\CCCCC)CCCCCCCC(=O)NCC(=O)NC(CO)C(=O)O. The van der Waals surface area contributed by atoms with Gasteiger partial charge >= 0.3 is 11.9 Å². The highest BCUT2D eigenvalue weighted by molar-refractivity contribution is 5.87. The van der Waals surface area contributed by atoms with E-state index < -0.39 is 24.5 Å². The van der Waals surface area contributed by atoms with E-state index >= 15 is 0 Å². The fourth-order valence-electron chi connectivity index (χ4n) is 5.66. The molecule has 0 radical (unpaired) electrons.